The lowest BCUT2D eigenvalue weighted by Crippen LogP contribution is -2.46. The monoisotopic (exact) mass is 247 g/mol. The number of carboxylic acid groups (broad SMARTS) is 1. The van der Waals surface area contributed by atoms with Crippen molar-refractivity contribution in [1.82, 2.24) is 0 Å². The predicted octanol–water partition coefficient (Wildman–Crippen LogP) is -1.33. The van der Waals surface area contributed by atoms with E-state index in [0.717, 1.165) is 6.42 Å². The van der Waals surface area contributed by atoms with E-state index < -0.39 is 24.2 Å². The zero-order valence-electron chi connectivity index (χ0n) is 9.91. The number of carboxylic acids is 1. The molecule has 0 fully saturated rings. The maximum atomic E-state index is 10.4. The number of carbonyl (C=O) groups is 1. The summed E-state index contributed by atoms with van der Waals surface area (Å²) in [7, 11) is 0. The van der Waals surface area contributed by atoms with Crippen molar-refractivity contribution >= 4 is 11.8 Å². The fourth-order valence-electron chi connectivity index (χ4n) is 1.30. The number of unbranched alkanes of at least 4 members (excludes halogenated alkanes) is 1. The van der Waals surface area contributed by atoms with E-state index >= 15 is 0 Å². The van der Waals surface area contributed by atoms with Crippen molar-refractivity contribution in [3.05, 3.63) is 0 Å². The number of hydrogen-bond acceptors (Lipinski definition) is 5. The molecule has 3 atom stereocenters. The van der Waals surface area contributed by atoms with Crippen LogP contribution in [-0.4, -0.2) is 51.9 Å². The van der Waals surface area contributed by atoms with Gasteiger partial charge in [-0.3, -0.25) is 4.99 Å². The molecular formula is C10H21N3O4. The zero-order chi connectivity index (χ0) is 13.4. The lowest BCUT2D eigenvalue weighted by Gasteiger charge is -2.20. The number of aliphatic carboxylic acids is 1. The number of rotatable bonds is 8. The molecule has 3 unspecified atom stereocenters. The van der Waals surface area contributed by atoms with Crippen molar-refractivity contribution in [2.24, 2.45) is 16.5 Å². The third-order valence-corrected chi connectivity index (χ3v) is 2.32. The van der Waals surface area contributed by atoms with Crippen LogP contribution >= 0.6 is 0 Å². The average Bonchev–Trinajstić information content (AvgIpc) is 2.25. The Balaban J connectivity index is 3.82. The fraction of sp³-hybridized carbons (Fsp3) is 0.800. The molecule has 17 heavy (non-hydrogen) atoms. The summed E-state index contributed by atoms with van der Waals surface area (Å²) in [6, 6.07) is -0.760. The fourth-order valence-corrected chi connectivity index (χ4v) is 1.30. The van der Waals surface area contributed by atoms with Gasteiger partial charge in [0.1, 0.15) is 6.10 Å². The van der Waals surface area contributed by atoms with Gasteiger partial charge in [0.05, 0.1) is 5.84 Å². The molecule has 0 rings (SSSR count). The van der Waals surface area contributed by atoms with Crippen molar-refractivity contribution in [3.63, 3.8) is 0 Å². The Kier molecular flexibility index (Phi) is 7.44. The van der Waals surface area contributed by atoms with Gasteiger partial charge in [0.15, 0.2) is 6.10 Å². The Hall–Kier alpha value is -1.18. The molecule has 0 saturated carbocycles. The summed E-state index contributed by atoms with van der Waals surface area (Å²) in [4.78, 5) is 14.4. The van der Waals surface area contributed by atoms with Gasteiger partial charge in [-0.1, -0.05) is 0 Å². The molecule has 0 aromatic rings. The van der Waals surface area contributed by atoms with Gasteiger partial charge >= 0.3 is 5.97 Å². The molecule has 0 aromatic heterocycles. The summed E-state index contributed by atoms with van der Waals surface area (Å²) in [6.07, 6.45) is -1.44. The highest BCUT2D eigenvalue weighted by atomic mass is 16.4. The molecule has 0 aliphatic rings. The van der Waals surface area contributed by atoms with Crippen LogP contribution in [0.15, 0.2) is 4.99 Å². The molecule has 0 saturated heterocycles. The Morgan fingerprint density at radius 2 is 1.94 bits per heavy atom. The van der Waals surface area contributed by atoms with Crippen molar-refractivity contribution < 1.29 is 20.1 Å². The highest BCUT2D eigenvalue weighted by Crippen LogP contribution is 2.07. The third kappa shape index (κ3) is 6.88. The highest BCUT2D eigenvalue weighted by molar-refractivity contribution is 5.77. The van der Waals surface area contributed by atoms with Gasteiger partial charge < -0.3 is 26.8 Å². The molecule has 7 heteroatoms. The first-order valence-corrected chi connectivity index (χ1v) is 5.47. The molecule has 7 nitrogen and oxygen atoms in total. The van der Waals surface area contributed by atoms with Gasteiger partial charge in [0, 0.05) is 12.6 Å². The Morgan fingerprint density at radius 1 is 1.35 bits per heavy atom. The summed E-state index contributed by atoms with van der Waals surface area (Å²) in [5.41, 5.74) is 10.9. The SMILES string of the molecule is CC(N)=NCCCCC(N)C(O)C(O)C(=O)O. The highest BCUT2D eigenvalue weighted by Gasteiger charge is 2.28. The van der Waals surface area contributed by atoms with Crippen molar-refractivity contribution in [2.75, 3.05) is 6.54 Å². The zero-order valence-corrected chi connectivity index (χ0v) is 9.91. The second kappa shape index (κ2) is 7.99. The summed E-state index contributed by atoms with van der Waals surface area (Å²) >= 11 is 0. The minimum Gasteiger partial charge on any atom is -0.479 e. The number of aliphatic hydroxyl groups excluding tert-OH is 2. The Bertz CT molecular complexity index is 266. The van der Waals surface area contributed by atoms with Crippen LogP contribution in [0.1, 0.15) is 26.2 Å². The van der Waals surface area contributed by atoms with Crippen LogP contribution in [0.2, 0.25) is 0 Å². The number of hydrogen-bond donors (Lipinski definition) is 5. The quantitative estimate of drug-likeness (QED) is 0.204. The minimum absolute atomic E-state index is 0.421. The molecule has 0 aromatic carbocycles. The molecule has 0 radical (unpaired) electrons. The second-order valence-corrected chi connectivity index (χ2v) is 3.96. The smallest absolute Gasteiger partial charge is 0.335 e. The van der Waals surface area contributed by atoms with Crippen LogP contribution in [0.3, 0.4) is 0 Å². The van der Waals surface area contributed by atoms with E-state index in [1.165, 1.54) is 0 Å². The summed E-state index contributed by atoms with van der Waals surface area (Å²) < 4.78 is 0. The molecule has 7 N–H and O–H groups in total. The summed E-state index contributed by atoms with van der Waals surface area (Å²) in [5, 5.41) is 26.9. The number of aliphatic imine (C=N–C) groups is 1. The maximum absolute atomic E-state index is 10.4. The molecule has 0 heterocycles. The van der Waals surface area contributed by atoms with Crippen molar-refractivity contribution in [2.45, 2.75) is 44.4 Å². The van der Waals surface area contributed by atoms with Gasteiger partial charge in [-0.25, -0.2) is 4.79 Å². The van der Waals surface area contributed by atoms with Gasteiger partial charge in [0.2, 0.25) is 0 Å². The normalized spacial score (nSPS) is 17.5. The van der Waals surface area contributed by atoms with Crippen LogP contribution in [0, 0.1) is 0 Å². The Labute approximate surface area is 100 Å². The topological polar surface area (TPSA) is 142 Å². The molecule has 0 aliphatic heterocycles. The lowest BCUT2D eigenvalue weighted by atomic mass is 10.0. The van der Waals surface area contributed by atoms with Gasteiger partial charge in [0.25, 0.3) is 0 Å². The van der Waals surface area contributed by atoms with E-state index in [9.17, 15) is 9.90 Å². The minimum atomic E-state index is -1.84. The molecular weight excluding hydrogens is 226 g/mol. The van der Waals surface area contributed by atoms with Crippen LogP contribution in [0.4, 0.5) is 0 Å². The predicted molar refractivity (Wildman–Crippen MR) is 63.6 cm³/mol. The maximum Gasteiger partial charge on any atom is 0.335 e. The first-order valence-electron chi connectivity index (χ1n) is 5.47. The Morgan fingerprint density at radius 3 is 2.41 bits per heavy atom. The first kappa shape index (κ1) is 15.8. The van der Waals surface area contributed by atoms with Crippen LogP contribution < -0.4 is 11.5 Å². The van der Waals surface area contributed by atoms with E-state index in [-0.39, 0.29) is 0 Å². The summed E-state index contributed by atoms with van der Waals surface area (Å²) in [6.45, 7) is 2.27. The first-order chi connectivity index (χ1) is 7.86. The number of nitrogens with two attached hydrogens (primary N) is 2. The average molecular weight is 247 g/mol. The van der Waals surface area contributed by atoms with E-state index in [2.05, 4.69) is 4.99 Å². The molecule has 100 valence electrons. The van der Waals surface area contributed by atoms with Crippen molar-refractivity contribution in [1.29, 1.82) is 0 Å². The van der Waals surface area contributed by atoms with E-state index in [0.29, 0.717) is 25.2 Å². The van der Waals surface area contributed by atoms with Gasteiger partial charge in [-0.05, 0) is 26.2 Å². The molecule has 0 aliphatic carbocycles. The van der Waals surface area contributed by atoms with Gasteiger partial charge in [-0.2, -0.15) is 0 Å². The number of aliphatic hydroxyl groups is 2. The second-order valence-electron chi connectivity index (χ2n) is 3.96. The number of amidine groups is 1. The molecule has 0 spiro atoms. The standard InChI is InChI=1S/C10H21N3O4/c1-6(11)13-5-3-2-4-7(12)8(14)9(15)10(16)17/h7-9,14-15H,2-5,12H2,1H3,(H2,11,13)(H,16,17). The lowest BCUT2D eigenvalue weighted by molar-refractivity contribution is -0.153. The third-order valence-electron chi connectivity index (χ3n) is 2.32. The molecule has 0 amide bonds. The summed E-state index contributed by atoms with van der Waals surface area (Å²) in [5.74, 6) is -0.966. The molecule has 0 bridgehead atoms. The van der Waals surface area contributed by atoms with Crippen LogP contribution in [0.5, 0.6) is 0 Å². The van der Waals surface area contributed by atoms with E-state index in [4.69, 9.17) is 21.7 Å². The van der Waals surface area contributed by atoms with Crippen molar-refractivity contribution in [3.8, 4) is 0 Å². The van der Waals surface area contributed by atoms with Gasteiger partial charge in [-0.15, -0.1) is 0 Å². The largest absolute Gasteiger partial charge is 0.479 e. The van der Waals surface area contributed by atoms with E-state index in [1.54, 1.807) is 6.92 Å². The van der Waals surface area contributed by atoms with E-state index in [1.807, 2.05) is 0 Å². The van der Waals surface area contributed by atoms with Crippen LogP contribution in [0.25, 0.3) is 0 Å². The van der Waals surface area contributed by atoms with Crippen LogP contribution in [-0.2, 0) is 4.79 Å². The number of nitrogens with zero attached hydrogens (tertiary/aromatic N) is 1.